The number of sulfonamides is 1. The summed E-state index contributed by atoms with van der Waals surface area (Å²) in [5.41, 5.74) is 1.69. The molecule has 1 unspecified atom stereocenters. The fraction of sp³-hybridized carbons (Fsp3) is 0.257. The number of hydrogen-bond acceptors (Lipinski definition) is 5. The van der Waals surface area contributed by atoms with E-state index in [1.165, 1.54) is 17.0 Å². The van der Waals surface area contributed by atoms with Crippen LogP contribution in [-0.2, 0) is 26.2 Å². The third kappa shape index (κ3) is 9.02. The van der Waals surface area contributed by atoms with Gasteiger partial charge in [-0.3, -0.25) is 13.9 Å². The number of carbonyl (C=O) groups excluding carboxylic acids is 2. The third-order valence-corrected chi connectivity index (χ3v) is 9.72. The number of aryl methyl sites for hydroxylation is 1. The SMILES string of the molecule is CCCCNC(=O)C(C)N(Cc1ccc(Cl)cc1Cl)C(=O)CN(c1ccc(Oc2ccccc2)cc1)S(=O)(=O)c1ccc(C)cc1. The highest BCUT2D eigenvalue weighted by atomic mass is 35.5. The highest BCUT2D eigenvalue weighted by molar-refractivity contribution is 7.92. The van der Waals surface area contributed by atoms with E-state index in [2.05, 4.69) is 5.32 Å². The molecule has 0 fully saturated rings. The first kappa shape index (κ1) is 34.8. The Morgan fingerprint density at radius 1 is 0.891 bits per heavy atom. The molecule has 0 saturated carbocycles. The largest absolute Gasteiger partial charge is 0.457 e. The van der Waals surface area contributed by atoms with Crippen molar-refractivity contribution >= 4 is 50.7 Å². The number of anilines is 1. The Kier molecular flexibility index (Phi) is 12.1. The van der Waals surface area contributed by atoms with E-state index < -0.39 is 28.5 Å². The first-order valence-corrected chi connectivity index (χ1v) is 17.1. The zero-order valence-corrected chi connectivity index (χ0v) is 28.3. The van der Waals surface area contributed by atoms with Gasteiger partial charge in [-0.25, -0.2) is 8.42 Å². The molecule has 8 nitrogen and oxygen atoms in total. The maximum Gasteiger partial charge on any atom is 0.264 e. The summed E-state index contributed by atoms with van der Waals surface area (Å²) in [5, 5.41) is 3.61. The molecule has 1 N–H and O–H groups in total. The van der Waals surface area contributed by atoms with E-state index in [0.29, 0.717) is 33.7 Å². The van der Waals surface area contributed by atoms with Crippen LogP contribution in [-0.4, -0.2) is 44.3 Å². The number of nitrogens with one attached hydrogen (secondary N) is 1. The zero-order valence-electron chi connectivity index (χ0n) is 26.0. The van der Waals surface area contributed by atoms with E-state index in [-0.39, 0.29) is 23.0 Å². The zero-order chi connectivity index (χ0) is 33.3. The van der Waals surface area contributed by atoms with Gasteiger partial charge in [-0.05, 0) is 86.5 Å². The van der Waals surface area contributed by atoms with Gasteiger partial charge in [0.2, 0.25) is 11.8 Å². The molecular weight excluding hydrogens is 645 g/mol. The van der Waals surface area contributed by atoms with Crippen LogP contribution >= 0.6 is 23.2 Å². The molecule has 0 aromatic heterocycles. The highest BCUT2D eigenvalue weighted by Crippen LogP contribution is 2.29. The number of rotatable bonds is 14. The summed E-state index contributed by atoms with van der Waals surface area (Å²) < 4.78 is 35.2. The molecule has 0 aliphatic heterocycles. The van der Waals surface area contributed by atoms with Crippen molar-refractivity contribution < 1.29 is 22.7 Å². The van der Waals surface area contributed by atoms with Crippen molar-refractivity contribution in [1.29, 1.82) is 0 Å². The van der Waals surface area contributed by atoms with Gasteiger partial charge in [0, 0.05) is 23.1 Å². The molecule has 0 aliphatic carbocycles. The Hall–Kier alpha value is -4.05. The van der Waals surface area contributed by atoms with Crippen LogP contribution in [0.1, 0.15) is 37.8 Å². The molecule has 0 aliphatic rings. The average molecular weight is 683 g/mol. The third-order valence-electron chi connectivity index (χ3n) is 7.34. The topological polar surface area (TPSA) is 96.0 Å². The monoisotopic (exact) mass is 681 g/mol. The second kappa shape index (κ2) is 16.0. The molecule has 0 heterocycles. The minimum atomic E-state index is -4.22. The van der Waals surface area contributed by atoms with Gasteiger partial charge < -0.3 is 15.0 Å². The summed E-state index contributed by atoms with van der Waals surface area (Å²) in [4.78, 5) is 28.7. The van der Waals surface area contributed by atoms with Gasteiger partial charge in [-0.1, -0.05) is 78.5 Å². The summed E-state index contributed by atoms with van der Waals surface area (Å²) >= 11 is 12.6. The molecule has 0 radical (unpaired) electrons. The normalized spacial score (nSPS) is 11.8. The summed E-state index contributed by atoms with van der Waals surface area (Å²) in [6, 6.07) is 26.0. The number of benzene rings is 4. The predicted octanol–water partition coefficient (Wildman–Crippen LogP) is 7.62. The Morgan fingerprint density at radius 3 is 2.17 bits per heavy atom. The lowest BCUT2D eigenvalue weighted by Gasteiger charge is -2.32. The van der Waals surface area contributed by atoms with E-state index in [1.807, 2.05) is 44.2 Å². The molecule has 4 aromatic carbocycles. The molecule has 0 spiro atoms. The van der Waals surface area contributed by atoms with Crippen LogP contribution in [0, 0.1) is 6.92 Å². The maximum atomic E-state index is 14.2. The van der Waals surface area contributed by atoms with Crippen molar-refractivity contribution in [1.82, 2.24) is 10.2 Å². The molecule has 11 heteroatoms. The molecule has 46 heavy (non-hydrogen) atoms. The summed E-state index contributed by atoms with van der Waals surface area (Å²) in [6.07, 6.45) is 1.67. The highest BCUT2D eigenvalue weighted by Gasteiger charge is 2.33. The molecule has 242 valence electrons. The van der Waals surface area contributed by atoms with Gasteiger partial charge in [0.15, 0.2) is 0 Å². The van der Waals surface area contributed by atoms with Crippen molar-refractivity contribution in [3.05, 3.63) is 118 Å². The summed E-state index contributed by atoms with van der Waals surface area (Å²) in [7, 11) is -4.22. The number of ether oxygens (including phenoxy) is 1. The van der Waals surface area contributed by atoms with Gasteiger partial charge >= 0.3 is 0 Å². The minimum Gasteiger partial charge on any atom is -0.457 e. The van der Waals surface area contributed by atoms with Crippen LogP contribution in [0.5, 0.6) is 11.5 Å². The van der Waals surface area contributed by atoms with Crippen molar-refractivity contribution in [3.63, 3.8) is 0 Å². The smallest absolute Gasteiger partial charge is 0.264 e. The number of unbranched alkanes of at least 4 members (excludes halogenated alkanes) is 1. The minimum absolute atomic E-state index is 0.0214. The van der Waals surface area contributed by atoms with E-state index in [0.717, 1.165) is 22.7 Å². The molecule has 4 aromatic rings. The maximum absolute atomic E-state index is 14.2. The van der Waals surface area contributed by atoms with Gasteiger partial charge in [0.05, 0.1) is 10.6 Å². The van der Waals surface area contributed by atoms with Crippen LogP contribution in [0.3, 0.4) is 0 Å². The van der Waals surface area contributed by atoms with Crippen LogP contribution in [0.25, 0.3) is 0 Å². The molecule has 1 atom stereocenters. The molecule has 2 amide bonds. The fourth-order valence-electron chi connectivity index (χ4n) is 4.62. The van der Waals surface area contributed by atoms with E-state index in [1.54, 1.807) is 61.5 Å². The number of nitrogens with zero attached hydrogens (tertiary/aromatic N) is 2. The number of amides is 2. The molecular formula is C35H37Cl2N3O5S. The second-order valence-electron chi connectivity index (χ2n) is 10.8. The Morgan fingerprint density at radius 2 is 1.54 bits per heavy atom. The average Bonchev–Trinajstić information content (AvgIpc) is 3.04. The van der Waals surface area contributed by atoms with Gasteiger partial charge in [0.25, 0.3) is 10.0 Å². The van der Waals surface area contributed by atoms with Crippen molar-refractivity contribution in [2.45, 2.75) is 51.1 Å². The van der Waals surface area contributed by atoms with Crippen LogP contribution in [0.2, 0.25) is 10.0 Å². The lowest BCUT2D eigenvalue weighted by molar-refractivity contribution is -0.139. The van der Waals surface area contributed by atoms with Crippen LogP contribution in [0.4, 0.5) is 5.69 Å². The molecule has 0 saturated heterocycles. The number of hydrogen-bond donors (Lipinski definition) is 1. The van der Waals surface area contributed by atoms with Gasteiger partial charge in [0.1, 0.15) is 24.1 Å². The van der Waals surface area contributed by atoms with E-state index in [4.69, 9.17) is 27.9 Å². The first-order valence-electron chi connectivity index (χ1n) is 14.9. The number of carbonyl (C=O) groups is 2. The molecule has 0 bridgehead atoms. The fourth-order valence-corrected chi connectivity index (χ4v) is 6.51. The Balaban J connectivity index is 1.70. The van der Waals surface area contributed by atoms with Gasteiger partial charge in [-0.2, -0.15) is 0 Å². The van der Waals surface area contributed by atoms with Crippen LogP contribution < -0.4 is 14.4 Å². The lowest BCUT2D eigenvalue weighted by atomic mass is 10.1. The van der Waals surface area contributed by atoms with E-state index in [9.17, 15) is 18.0 Å². The lowest BCUT2D eigenvalue weighted by Crippen LogP contribution is -2.51. The van der Waals surface area contributed by atoms with Crippen molar-refractivity contribution in [3.8, 4) is 11.5 Å². The van der Waals surface area contributed by atoms with E-state index >= 15 is 0 Å². The quantitative estimate of drug-likeness (QED) is 0.138. The van der Waals surface area contributed by atoms with Crippen molar-refractivity contribution in [2.24, 2.45) is 0 Å². The number of halogens is 2. The summed E-state index contributed by atoms with van der Waals surface area (Å²) in [5.74, 6) is 0.161. The second-order valence-corrected chi connectivity index (χ2v) is 13.5. The Labute approximate surface area is 280 Å². The first-order chi connectivity index (χ1) is 22.0. The Bertz CT molecular complexity index is 1730. The van der Waals surface area contributed by atoms with Crippen molar-refractivity contribution in [2.75, 3.05) is 17.4 Å². The standard InChI is InChI=1S/C35H37Cl2N3O5S/c1-4-5-21-38-35(42)26(3)39(23-27-13-14-28(36)22-33(27)37)34(41)24-40(46(43,44)32-19-11-25(2)12-20-32)29-15-17-31(18-16-29)45-30-9-7-6-8-10-30/h6-20,22,26H,4-5,21,23-24H2,1-3H3,(H,38,42). The number of para-hydroxylation sites is 1. The van der Waals surface area contributed by atoms with Crippen LogP contribution in [0.15, 0.2) is 102 Å². The molecule has 4 rings (SSSR count). The summed E-state index contributed by atoms with van der Waals surface area (Å²) in [6.45, 7) is 5.31. The van der Waals surface area contributed by atoms with Gasteiger partial charge in [-0.15, -0.1) is 0 Å². The predicted molar refractivity (Wildman–Crippen MR) is 183 cm³/mol.